The number of likely N-dealkylation sites (tertiary alicyclic amines) is 1. The molecule has 1 aliphatic heterocycles. The summed E-state index contributed by atoms with van der Waals surface area (Å²) in [5.74, 6) is 0.939. The van der Waals surface area contributed by atoms with Crippen LogP contribution in [0.4, 0.5) is 5.69 Å². The molecule has 0 unspecified atom stereocenters. The van der Waals surface area contributed by atoms with Gasteiger partial charge in [0.15, 0.2) is 0 Å². The van der Waals surface area contributed by atoms with E-state index in [1.165, 1.54) is 0 Å². The van der Waals surface area contributed by atoms with Gasteiger partial charge in [0.25, 0.3) is 0 Å². The van der Waals surface area contributed by atoms with E-state index in [9.17, 15) is 9.59 Å². The first-order valence-electron chi connectivity index (χ1n) is 10.1. The standard InChI is InChI=1S/C23H29N3O3/c1-29-21-9-7-18(8-10-21)11-14-24-22(27)17-26-15-12-19(13-16-26)23(28)25-20-5-3-2-4-6-20/h2-10,19H,11-17H2,1H3,(H,24,27)(H,25,28). The van der Waals surface area contributed by atoms with E-state index in [-0.39, 0.29) is 17.7 Å². The normalized spacial score (nSPS) is 14.9. The summed E-state index contributed by atoms with van der Waals surface area (Å²) in [7, 11) is 1.65. The largest absolute Gasteiger partial charge is 0.497 e. The van der Waals surface area contributed by atoms with Gasteiger partial charge >= 0.3 is 0 Å². The van der Waals surface area contributed by atoms with Crippen LogP contribution in [0.1, 0.15) is 18.4 Å². The molecule has 6 nitrogen and oxygen atoms in total. The molecular formula is C23H29N3O3. The van der Waals surface area contributed by atoms with E-state index in [0.717, 1.165) is 49.4 Å². The molecule has 1 saturated heterocycles. The molecule has 2 N–H and O–H groups in total. The molecule has 1 fully saturated rings. The molecule has 0 radical (unpaired) electrons. The Morgan fingerprint density at radius 1 is 1.03 bits per heavy atom. The van der Waals surface area contributed by atoms with E-state index in [2.05, 4.69) is 15.5 Å². The minimum absolute atomic E-state index is 0.00425. The fraction of sp³-hybridized carbons (Fsp3) is 0.391. The number of anilines is 1. The third-order valence-electron chi connectivity index (χ3n) is 5.26. The van der Waals surface area contributed by atoms with Crippen LogP contribution < -0.4 is 15.4 Å². The predicted molar refractivity (Wildman–Crippen MR) is 114 cm³/mol. The van der Waals surface area contributed by atoms with Gasteiger partial charge in [0.05, 0.1) is 13.7 Å². The number of amides is 2. The maximum absolute atomic E-state index is 12.4. The maximum Gasteiger partial charge on any atom is 0.234 e. The Morgan fingerprint density at radius 2 is 1.72 bits per heavy atom. The number of hydrogen-bond acceptors (Lipinski definition) is 4. The number of carbonyl (C=O) groups excluding carboxylic acids is 2. The Hall–Kier alpha value is -2.86. The van der Waals surface area contributed by atoms with Crippen molar-refractivity contribution in [1.82, 2.24) is 10.2 Å². The van der Waals surface area contributed by atoms with Crippen molar-refractivity contribution in [1.29, 1.82) is 0 Å². The number of rotatable bonds is 8. The van der Waals surface area contributed by atoms with Crippen LogP contribution in [-0.4, -0.2) is 50.0 Å². The van der Waals surface area contributed by atoms with E-state index in [0.29, 0.717) is 13.1 Å². The molecule has 0 bridgehead atoms. The highest BCUT2D eigenvalue weighted by Gasteiger charge is 2.25. The molecule has 3 rings (SSSR count). The van der Waals surface area contributed by atoms with Gasteiger partial charge in [-0.25, -0.2) is 0 Å². The van der Waals surface area contributed by atoms with Gasteiger partial charge in [-0.3, -0.25) is 14.5 Å². The van der Waals surface area contributed by atoms with Gasteiger partial charge in [0, 0.05) is 18.2 Å². The number of carbonyl (C=O) groups is 2. The second-order valence-electron chi connectivity index (χ2n) is 7.35. The minimum Gasteiger partial charge on any atom is -0.497 e. The van der Waals surface area contributed by atoms with Crippen LogP contribution in [-0.2, 0) is 16.0 Å². The maximum atomic E-state index is 12.4. The van der Waals surface area contributed by atoms with Gasteiger partial charge < -0.3 is 15.4 Å². The monoisotopic (exact) mass is 395 g/mol. The first-order valence-corrected chi connectivity index (χ1v) is 10.1. The molecule has 29 heavy (non-hydrogen) atoms. The summed E-state index contributed by atoms with van der Waals surface area (Å²) in [4.78, 5) is 26.7. The Kier molecular flexibility index (Phi) is 7.64. The summed E-state index contributed by atoms with van der Waals surface area (Å²) in [6.45, 7) is 2.52. The smallest absolute Gasteiger partial charge is 0.234 e. The van der Waals surface area contributed by atoms with Crippen molar-refractivity contribution in [3.8, 4) is 5.75 Å². The summed E-state index contributed by atoms with van der Waals surface area (Å²) >= 11 is 0. The average Bonchev–Trinajstić information content (AvgIpc) is 2.75. The first-order chi connectivity index (χ1) is 14.1. The van der Waals surface area contributed by atoms with Gasteiger partial charge in [0.1, 0.15) is 5.75 Å². The van der Waals surface area contributed by atoms with Crippen LogP contribution in [0.25, 0.3) is 0 Å². The molecular weight excluding hydrogens is 366 g/mol. The van der Waals surface area contributed by atoms with Crippen molar-refractivity contribution < 1.29 is 14.3 Å². The number of hydrogen-bond donors (Lipinski definition) is 2. The lowest BCUT2D eigenvalue weighted by atomic mass is 9.96. The van der Waals surface area contributed by atoms with Gasteiger partial charge in [0.2, 0.25) is 11.8 Å². The summed E-state index contributed by atoms with van der Waals surface area (Å²) < 4.78 is 5.15. The Morgan fingerprint density at radius 3 is 2.38 bits per heavy atom. The van der Waals surface area contributed by atoms with Crippen molar-refractivity contribution in [3.63, 3.8) is 0 Å². The number of para-hydroxylation sites is 1. The molecule has 0 spiro atoms. The van der Waals surface area contributed by atoms with E-state index in [4.69, 9.17) is 4.74 Å². The van der Waals surface area contributed by atoms with Crippen LogP contribution in [0, 0.1) is 5.92 Å². The Labute approximate surface area is 172 Å². The van der Waals surface area contributed by atoms with Crippen molar-refractivity contribution in [2.45, 2.75) is 19.3 Å². The molecule has 0 aromatic heterocycles. The number of nitrogens with one attached hydrogen (secondary N) is 2. The molecule has 6 heteroatoms. The van der Waals surface area contributed by atoms with E-state index < -0.39 is 0 Å². The fourth-order valence-corrected chi connectivity index (χ4v) is 3.52. The molecule has 154 valence electrons. The topological polar surface area (TPSA) is 70.7 Å². The number of piperidine rings is 1. The average molecular weight is 396 g/mol. The highest BCUT2D eigenvalue weighted by atomic mass is 16.5. The molecule has 1 heterocycles. The summed E-state index contributed by atoms with van der Waals surface area (Å²) in [6, 6.07) is 17.4. The second kappa shape index (κ2) is 10.6. The van der Waals surface area contributed by atoms with Crippen LogP contribution in [0.2, 0.25) is 0 Å². The zero-order chi connectivity index (χ0) is 20.5. The molecule has 0 saturated carbocycles. The van der Waals surface area contributed by atoms with Crippen molar-refractivity contribution >= 4 is 17.5 Å². The van der Waals surface area contributed by atoms with Crippen molar-refractivity contribution in [3.05, 3.63) is 60.2 Å². The lowest BCUT2D eigenvalue weighted by molar-refractivity contribution is -0.123. The zero-order valence-electron chi connectivity index (χ0n) is 16.9. The molecule has 1 aliphatic rings. The van der Waals surface area contributed by atoms with Gasteiger partial charge in [-0.15, -0.1) is 0 Å². The highest BCUT2D eigenvalue weighted by molar-refractivity contribution is 5.92. The van der Waals surface area contributed by atoms with Crippen LogP contribution in [0.5, 0.6) is 5.75 Å². The Bertz CT molecular complexity index is 785. The third-order valence-corrected chi connectivity index (χ3v) is 5.26. The third kappa shape index (κ3) is 6.61. The number of ether oxygens (including phenoxy) is 1. The summed E-state index contributed by atoms with van der Waals surface area (Å²) in [5, 5.41) is 5.96. The second-order valence-corrected chi connectivity index (χ2v) is 7.35. The minimum atomic E-state index is 0.00425. The first kappa shape index (κ1) is 20.9. The van der Waals surface area contributed by atoms with E-state index >= 15 is 0 Å². The lowest BCUT2D eigenvalue weighted by Crippen LogP contribution is -2.43. The zero-order valence-corrected chi connectivity index (χ0v) is 16.9. The number of nitrogens with zero attached hydrogens (tertiary/aromatic N) is 1. The predicted octanol–water partition coefficient (Wildman–Crippen LogP) is 2.70. The Balaban J connectivity index is 1.33. The van der Waals surface area contributed by atoms with Crippen molar-refractivity contribution in [2.24, 2.45) is 5.92 Å². The van der Waals surface area contributed by atoms with Gasteiger partial charge in [-0.1, -0.05) is 30.3 Å². The quantitative estimate of drug-likeness (QED) is 0.721. The highest BCUT2D eigenvalue weighted by Crippen LogP contribution is 2.19. The van der Waals surface area contributed by atoms with Crippen LogP contribution >= 0.6 is 0 Å². The number of benzene rings is 2. The molecule has 0 aliphatic carbocycles. The molecule has 2 aromatic carbocycles. The van der Waals surface area contributed by atoms with Crippen LogP contribution in [0.3, 0.4) is 0 Å². The molecule has 2 amide bonds. The van der Waals surface area contributed by atoms with E-state index in [1.54, 1.807) is 7.11 Å². The van der Waals surface area contributed by atoms with Crippen LogP contribution in [0.15, 0.2) is 54.6 Å². The van der Waals surface area contributed by atoms with Crippen molar-refractivity contribution in [2.75, 3.05) is 38.6 Å². The number of methoxy groups -OCH3 is 1. The molecule has 0 atom stereocenters. The lowest BCUT2D eigenvalue weighted by Gasteiger charge is -2.30. The fourth-order valence-electron chi connectivity index (χ4n) is 3.52. The van der Waals surface area contributed by atoms with Gasteiger partial charge in [-0.2, -0.15) is 0 Å². The van der Waals surface area contributed by atoms with Gasteiger partial charge in [-0.05, 0) is 62.2 Å². The SMILES string of the molecule is COc1ccc(CCNC(=O)CN2CCC(C(=O)Nc3ccccc3)CC2)cc1. The molecule has 2 aromatic rings. The summed E-state index contributed by atoms with van der Waals surface area (Å²) in [6.07, 6.45) is 2.34. The summed E-state index contributed by atoms with van der Waals surface area (Å²) in [5.41, 5.74) is 1.99. The van der Waals surface area contributed by atoms with E-state index in [1.807, 2.05) is 54.6 Å².